The summed E-state index contributed by atoms with van der Waals surface area (Å²) in [6, 6.07) is 8.90. The van der Waals surface area contributed by atoms with Crippen LogP contribution < -0.4 is 4.90 Å². The van der Waals surface area contributed by atoms with E-state index in [0.717, 1.165) is 0 Å². The van der Waals surface area contributed by atoms with Gasteiger partial charge in [-0.25, -0.2) is 0 Å². The molecular formula is C18H17ClN4O5. The van der Waals surface area contributed by atoms with Gasteiger partial charge in [0, 0.05) is 54.5 Å². The molecule has 0 aromatic heterocycles. The van der Waals surface area contributed by atoms with E-state index in [2.05, 4.69) is 0 Å². The fourth-order valence-corrected chi connectivity index (χ4v) is 3.35. The van der Waals surface area contributed by atoms with E-state index < -0.39 is 9.85 Å². The zero-order valence-corrected chi connectivity index (χ0v) is 15.8. The maximum atomic E-state index is 12.7. The molecule has 1 saturated heterocycles. The third kappa shape index (κ3) is 3.89. The number of anilines is 1. The van der Waals surface area contributed by atoms with Gasteiger partial charge in [0.05, 0.1) is 9.85 Å². The van der Waals surface area contributed by atoms with Crippen molar-refractivity contribution in [2.75, 3.05) is 31.1 Å². The summed E-state index contributed by atoms with van der Waals surface area (Å²) in [6.07, 6.45) is 0. The number of hydrogen-bond donors (Lipinski definition) is 0. The Labute approximate surface area is 165 Å². The highest BCUT2D eigenvalue weighted by atomic mass is 35.5. The van der Waals surface area contributed by atoms with Gasteiger partial charge in [0.1, 0.15) is 5.69 Å². The van der Waals surface area contributed by atoms with Crippen molar-refractivity contribution in [3.8, 4) is 0 Å². The fraction of sp³-hybridized carbons (Fsp3) is 0.278. The number of nitro groups is 2. The van der Waals surface area contributed by atoms with E-state index in [4.69, 9.17) is 11.6 Å². The molecule has 9 nitrogen and oxygen atoms in total. The molecule has 0 radical (unpaired) electrons. The van der Waals surface area contributed by atoms with Gasteiger partial charge in [-0.2, -0.15) is 0 Å². The first-order valence-corrected chi connectivity index (χ1v) is 8.89. The van der Waals surface area contributed by atoms with Crippen molar-refractivity contribution in [1.29, 1.82) is 0 Å². The molecule has 1 aliphatic rings. The number of amides is 1. The molecular weight excluding hydrogens is 388 g/mol. The first kappa shape index (κ1) is 19.6. The van der Waals surface area contributed by atoms with Crippen molar-refractivity contribution in [1.82, 2.24) is 4.90 Å². The van der Waals surface area contributed by atoms with Gasteiger partial charge in [0.15, 0.2) is 0 Å². The zero-order valence-electron chi connectivity index (χ0n) is 15.0. The Morgan fingerprint density at radius 1 is 0.964 bits per heavy atom. The van der Waals surface area contributed by atoms with Crippen LogP contribution in [0.25, 0.3) is 0 Å². The summed E-state index contributed by atoms with van der Waals surface area (Å²) in [5, 5.41) is 22.7. The lowest BCUT2D eigenvalue weighted by atomic mass is 10.1. The Balaban J connectivity index is 1.74. The minimum Gasteiger partial charge on any atom is -0.362 e. The molecule has 0 unspecified atom stereocenters. The van der Waals surface area contributed by atoms with Crippen LogP contribution in [0, 0.1) is 27.2 Å². The smallest absolute Gasteiger partial charge is 0.294 e. The van der Waals surface area contributed by atoms with Crippen molar-refractivity contribution in [3.05, 3.63) is 72.8 Å². The number of benzene rings is 2. The Kier molecular flexibility index (Phi) is 5.46. The van der Waals surface area contributed by atoms with Crippen molar-refractivity contribution in [3.63, 3.8) is 0 Å². The molecule has 0 atom stereocenters. The van der Waals surface area contributed by atoms with Crippen LogP contribution in [0.4, 0.5) is 17.1 Å². The van der Waals surface area contributed by atoms with E-state index in [1.807, 2.05) is 4.90 Å². The maximum Gasteiger partial charge on any atom is 0.294 e. The number of carbonyl (C=O) groups excluding carboxylic acids is 1. The number of nitrogens with zero attached hydrogens (tertiary/aromatic N) is 4. The summed E-state index contributed by atoms with van der Waals surface area (Å²) in [5.41, 5.74) is 1.01. The van der Waals surface area contributed by atoms with Gasteiger partial charge in [-0.15, -0.1) is 0 Å². The number of nitro benzene ring substituents is 2. The third-order valence-corrected chi connectivity index (χ3v) is 4.93. The number of carbonyl (C=O) groups is 1. The van der Waals surface area contributed by atoms with E-state index in [1.54, 1.807) is 36.1 Å². The second-order valence-electron chi connectivity index (χ2n) is 6.43. The SMILES string of the molecule is Cc1ccc(C(=O)N2CCN(c3ccc(Cl)cc3[N+](=O)[O-])CC2)cc1[N+](=O)[O-]. The molecule has 28 heavy (non-hydrogen) atoms. The Bertz CT molecular complexity index is 957. The van der Waals surface area contributed by atoms with E-state index in [-0.39, 0.29) is 27.9 Å². The van der Waals surface area contributed by atoms with Gasteiger partial charge in [-0.05, 0) is 25.1 Å². The lowest BCUT2D eigenvalue weighted by Crippen LogP contribution is -2.49. The number of halogens is 1. The van der Waals surface area contributed by atoms with Crippen molar-refractivity contribution in [2.45, 2.75) is 6.92 Å². The minimum atomic E-state index is -0.510. The van der Waals surface area contributed by atoms with Gasteiger partial charge in [-0.1, -0.05) is 17.7 Å². The minimum absolute atomic E-state index is 0.0820. The number of hydrogen-bond acceptors (Lipinski definition) is 6. The standard InChI is InChI=1S/C18H17ClN4O5/c1-12-2-3-13(10-16(12)22(25)26)18(24)21-8-6-20(7-9-21)15-5-4-14(19)11-17(15)23(27)28/h2-5,10-11H,6-9H2,1H3. The van der Waals surface area contributed by atoms with Gasteiger partial charge < -0.3 is 9.80 Å². The molecule has 146 valence electrons. The third-order valence-electron chi connectivity index (χ3n) is 4.69. The summed E-state index contributed by atoms with van der Waals surface area (Å²) in [5.74, 6) is -0.298. The fourth-order valence-electron chi connectivity index (χ4n) is 3.18. The first-order valence-electron chi connectivity index (χ1n) is 8.51. The van der Waals surface area contributed by atoms with Crippen LogP contribution in [0.1, 0.15) is 15.9 Å². The molecule has 10 heteroatoms. The van der Waals surface area contributed by atoms with Gasteiger partial charge in [0.2, 0.25) is 0 Å². The highest BCUT2D eigenvalue weighted by Crippen LogP contribution is 2.32. The van der Waals surface area contributed by atoms with Crippen molar-refractivity contribution < 1.29 is 14.6 Å². The van der Waals surface area contributed by atoms with Crippen LogP contribution in [0.5, 0.6) is 0 Å². The molecule has 1 aliphatic heterocycles. The molecule has 1 fully saturated rings. The number of aryl methyl sites for hydroxylation is 1. The van der Waals surface area contributed by atoms with E-state index in [1.165, 1.54) is 12.1 Å². The monoisotopic (exact) mass is 404 g/mol. The molecule has 2 aromatic rings. The Morgan fingerprint density at radius 2 is 1.61 bits per heavy atom. The Morgan fingerprint density at radius 3 is 2.21 bits per heavy atom. The highest BCUT2D eigenvalue weighted by Gasteiger charge is 2.27. The van der Waals surface area contributed by atoms with Crippen molar-refractivity contribution in [2.24, 2.45) is 0 Å². The van der Waals surface area contributed by atoms with Crippen LogP contribution >= 0.6 is 11.6 Å². The quantitative estimate of drug-likeness (QED) is 0.570. The molecule has 0 bridgehead atoms. The van der Waals surface area contributed by atoms with E-state index >= 15 is 0 Å². The zero-order chi connectivity index (χ0) is 20.4. The molecule has 0 spiro atoms. The van der Waals surface area contributed by atoms with Crippen LogP contribution in [0.2, 0.25) is 5.02 Å². The summed E-state index contributed by atoms with van der Waals surface area (Å²) in [6.45, 7) is 3.12. The van der Waals surface area contributed by atoms with Crippen LogP contribution in [-0.4, -0.2) is 46.8 Å². The Hall–Kier alpha value is -3.20. The average Bonchev–Trinajstić information content (AvgIpc) is 2.67. The second-order valence-corrected chi connectivity index (χ2v) is 6.86. The summed E-state index contributed by atoms with van der Waals surface area (Å²) in [7, 11) is 0. The number of rotatable bonds is 4. The molecule has 0 aliphatic carbocycles. The molecule has 1 heterocycles. The van der Waals surface area contributed by atoms with Gasteiger partial charge >= 0.3 is 0 Å². The largest absolute Gasteiger partial charge is 0.362 e. The molecule has 0 saturated carbocycles. The summed E-state index contributed by atoms with van der Waals surface area (Å²) < 4.78 is 0. The number of piperazine rings is 1. The lowest BCUT2D eigenvalue weighted by Gasteiger charge is -2.35. The van der Waals surface area contributed by atoms with Crippen molar-refractivity contribution >= 4 is 34.6 Å². The van der Waals surface area contributed by atoms with Crippen LogP contribution in [-0.2, 0) is 0 Å². The van der Waals surface area contributed by atoms with Crippen LogP contribution in [0.15, 0.2) is 36.4 Å². The van der Waals surface area contributed by atoms with E-state index in [9.17, 15) is 25.0 Å². The first-order chi connectivity index (χ1) is 13.3. The molecule has 2 aromatic carbocycles. The highest BCUT2D eigenvalue weighted by molar-refractivity contribution is 6.30. The van der Waals surface area contributed by atoms with Gasteiger partial charge in [-0.3, -0.25) is 25.0 Å². The predicted molar refractivity (Wildman–Crippen MR) is 104 cm³/mol. The second kappa shape index (κ2) is 7.81. The topological polar surface area (TPSA) is 110 Å². The molecule has 3 rings (SSSR count). The maximum absolute atomic E-state index is 12.7. The predicted octanol–water partition coefficient (Wildman–Crippen LogP) is 3.43. The van der Waals surface area contributed by atoms with E-state index in [0.29, 0.717) is 37.4 Å². The van der Waals surface area contributed by atoms with Crippen LogP contribution in [0.3, 0.4) is 0 Å². The summed E-state index contributed by atoms with van der Waals surface area (Å²) >= 11 is 5.85. The molecule has 0 N–H and O–H groups in total. The lowest BCUT2D eigenvalue weighted by molar-refractivity contribution is -0.385. The summed E-state index contributed by atoms with van der Waals surface area (Å²) in [4.78, 5) is 37.5. The normalized spacial score (nSPS) is 14.1. The average molecular weight is 405 g/mol. The van der Waals surface area contributed by atoms with Gasteiger partial charge in [0.25, 0.3) is 17.3 Å². The molecule has 1 amide bonds.